The van der Waals surface area contributed by atoms with Crippen molar-refractivity contribution < 1.29 is 9.59 Å². The Hall–Kier alpha value is -3.05. The summed E-state index contributed by atoms with van der Waals surface area (Å²) in [5.41, 5.74) is 5.75. The van der Waals surface area contributed by atoms with Crippen LogP contribution in [0.25, 0.3) is 0 Å². The number of amides is 2. The first-order valence-electron chi connectivity index (χ1n) is 11.1. The van der Waals surface area contributed by atoms with Crippen molar-refractivity contribution in [2.45, 2.75) is 38.5 Å². The molecule has 1 heterocycles. The van der Waals surface area contributed by atoms with E-state index in [1.54, 1.807) is 11.8 Å². The first-order chi connectivity index (χ1) is 15.6. The predicted molar refractivity (Wildman–Crippen MR) is 133 cm³/mol. The van der Waals surface area contributed by atoms with E-state index < -0.39 is 0 Å². The first-order valence-corrected chi connectivity index (χ1v) is 12.2. The van der Waals surface area contributed by atoms with Gasteiger partial charge in [-0.2, -0.15) is 0 Å². The van der Waals surface area contributed by atoms with Crippen molar-refractivity contribution in [1.29, 1.82) is 0 Å². The van der Waals surface area contributed by atoms with Gasteiger partial charge in [-0.25, -0.2) is 0 Å². The number of rotatable bonds is 7. The number of hydrogen-bond acceptors (Lipinski definition) is 3. The molecule has 4 nitrogen and oxygen atoms in total. The number of nitrogens with zero attached hydrogens (tertiary/aromatic N) is 1. The Bertz CT molecular complexity index is 1110. The SMILES string of the molecule is CCCc1ccccc1N1C(=O)CS[C@@H]1c1cccc(NC(=O)c2ccc(CC)cc2)c1. The summed E-state index contributed by atoms with van der Waals surface area (Å²) < 4.78 is 0. The van der Waals surface area contributed by atoms with Gasteiger partial charge in [0.15, 0.2) is 0 Å². The molecule has 1 fully saturated rings. The van der Waals surface area contributed by atoms with Crippen molar-refractivity contribution in [2.75, 3.05) is 16.0 Å². The van der Waals surface area contributed by atoms with Crippen LogP contribution in [0.1, 0.15) is 52.7 Å². The Labute approximate surface area is 194 Å². The zero-order valence-electron chi connectivity index (χ0n) is 18.5. The Morgan fingerprint density at radius 3 is 2.56 bits per heavy atom. The molecule has 1 aliphatic heterocycles. The van der Waals surface area contributed by atoms with Crippen LogP contribution in [0.5, 0.6) is 0 Å². The molecule has 0 unspecified atom stereocenters. The zero-order chi connectivity index (χ0) is 22.5. The lowest BCUT2D eigenvalue weighted by Gasteiger charge is -2.27. The topological polar surface area (TPSA) is 49.4 Å². The van der Waals surface area contributed by atoms with Gasteiger partial charge in [-0.1, -0.05) is 62.7 Å². The number of aryl methyl sites for hydroxylation is 2. The van der Waals surface area contributed by atoms with Gasteiger partial charge in [-0.3, -0.25) is 14.5 Å². The lowest BCUT2D eigenvalue weighted by atomic mass is 10.1. The molecule has 0 radical (unpaired) electrons. The van der Waals surface area contributed by atoms with Crippen molar-refractivity contribution >= 4 is 35.0 Å². The average Bonchev–Trinajstić information content (AvgIpc) is 3.21. The van der Waals surface area contributed by atoms with Gasteiger partial charge in [0.2, 0.25) is 5.91 Å². The number of hydrogen-bond donors (Lipinski definition) is 1. The molecule has 4 rings (SSSR count). The van der Waals surface area contributed by atoms with Gasteiger partial charge in [-0.05, 0) is 59.9 Å². The summed E-state index contributed by atoms with van der Waals surface area (Å²) >= 11 is 1.63. The van der Waals surface area contributed by atoms with Gasteiger partial charge in [0.05, 0.1) is 5.75 Å². The normalized spacial score (nSPS) is 15.8. The second-order valence-electron chi connectivity index (χ2n) is 7.94. The van der Waals surface area contributed by atoms with Gasteiger partial charge in [0.1, 0.15) is 5.37 Å². The number of thioether (sulfide) groups is 1. The lowest BCUT2D eigenvalue weighted by molar-refractivity contribution is -0.115. The molecular weight excluding hydrogens is 416 g/mol. The van der Waals surface area contributed by atoms with Crippen molar-refractivity contribution in [1.82, 2.24) is 0 Å². The highest BCUT2D eigenvalue weighted by Crippen LogP contribution is 2.43. The molecule has 3 aromatic rings. The monoisotopic (exact) mass is 444 g/mol. The molecule has 1 saturated heterocycles. The minimum Gasteiger partial charge on any atom is -0.322 e. The third-order valence-corrected chi connectivity index (χ3v) is 6.90. The Balaban J connectivity index is 1.58. The summed E-state index contributed by atoms with van der Waals surface area (Å²) in [5.74, 6) is 0.435. The highest BCUT2D eigenvalue weighted by molar-refractivity contribution is 8.00. The van der Waals surface area contributed by atoms with E-state index >= 15 is 0 Å². The lowest BCUT2D eigenvalue weighted by Crippen LogP contribution is -2.28. The molecule has 3 aromatic carbocycles. The first kappa shape index (κ1) is 22.2. The molecule has 5 heteroatoms. The molecule has 32 heavy (non-hydrogen) atoms. The van der Waals surface area contributed by atoms with Crippen LogP contribution in [0.4, 0.5) is 11.4 Å². The van der Waals surface area contributed by atoms with Crippen molar-refractivity contribution in [3.05, 3.63) is 95.1 Å². The van der Waals surface area contributed by atoms with E-state index in [2.05, 4.69) is 25.2 Å². The van der Waals surface area contributed by atoms with Crippen LogP contribution in [-0.2, 0) is 17.6 Å². The molecule has 1 N–H and O–H groups in total. The maximum Gasteiger partial charge on any atom is 0.255 e. The second-order valence-corrected chi connectivity index (χ2v) is 9.00. The van der Waals surface area contributed by atoms with Gasteiger partial charge in [0, 0.05) is 16.9 Å². The summed E-state index contributed by atoms with van der Waals surface area (Å²) in [4.78, 5) is 27.5. The van der Waals surface area contributed by atoms with E-state index in [1.807, 2.05) is 71.6 Å². The molecule has 0 aliphatic carbocycles. The summed E-state index contributed by atoms with van der Waals surface area (Å²) in [6.45, 7) is 4.24. The Morgan fingerprint density at radius 1 is 1.03 bits per heavy atom. The summed E-state index contributed by atoms with van der Waals surface area (Å²) in [6, 6.07) is 23.7. The molecule has 0 bridgehead atoms. The largest absolute Gasteiger partial charge is 0.322 e. The highest BCUT2D eigenvalue weighted by Gasteiger charge is 2.35. The van der Waals surface area contributed by atoms with Crippen LogP contribution >= 0.6 is 11.8 Å². The van der Waals surface area contributed by atoms with Crippen LogP contribution < -0.4 is 10.2 Å². The number of para-hydroxylation sites is 1. The third kappa shape index (κ3) is 4.73. The number of carbonyl (C=O) groups excluding carboxylic acids is 2. The Kier molecular flexibility index (Phi) is 6.96. The standard InChI is InChI=1S/C27H28N2O2S/c1-3-8-20-9-5-6-12-24(20)29-25(30)18-32-27(29)22-10-7-11-23(17-22)28-26(31)21-15-13-19(4-2)14-16-21/h5-7,9-17,27H,3-4,8,18H2,1-2H3,(H,28,31)/t27-/m1/s1. The minimum atomic E-state index is -0.134. The fourth-order valence-corrected chi connectivity index (χ4v) is 5.18. The molecule has 1 atom stereocenters. The van der Waals surface area contributed by atoms with Crippen LogP contribution in [0.2, 0.25) is 0 Å². The third-order valence-electron chi connectivity index (χ3n) is 5.69. The van der Waals surface area contributed by atoms with Crippen LogP contribution in [0.3, 0.4) is 0 Å². The van der Waals surface area contributed by atoms with E-state index in [9.17, 15) is 9.59 Å². The summed E-state index contributed by atoms with van der Waals surface area (Å²) in [6.07, 6.45) is 2.90. The minimum absolute atomic E-state index is 0.110. The van der Waals surface area contributed by atoms with E-state index in [0.29, 0.717) is 11.3 Å². The van der Waals surface area contributed by atoms with Gasteiger partial charge >= 0.3 is 0 Å². The molecule has 2 amide bonds. The quantitative estimate of drug-likeness (QED) is 0.470. The Morgan fingerprint density at radius 2 is 1.81 bits per heavy atom. The van der Waals surface area contributed by atoms with Crippen molar-refractivity contribution in [3.8, 4) is 0 Å². The van der Waals surface area contributed by atoms with Crippen LogP contribution in [0.15, 0.2) is 72.8 Å². The second kappa shape index (κ2) is 10.0. The van der Waals surface area contributed by atoms with Gasteiger partial charge < -0.3 is 5.32 Å². The van der Waals surface area contributed by atoms with E-state index in [4.69, 9.17) is 0 Å². The number of benzene rings is 3. The van der Waals surface area contributed by atoms with Crippen molar-refractivity contribution in [2.24, 2.45) is 0 Å². The number of nitrogens with one attached hydrogen (secondary N) is 1. The zero-order valence-corrected chi connectivity index (χ0v) is 19.3. The van der Waals surface area contributed by atoms with E-state index in [0.717, 1.165) is 36.2 Å². The van der Waals surface area contributed by atoms with Gasteiger partial charge in [-0.15, -0.1) is 11.8 Å². The number of anilines is 2. The summed E-state index contributed by atoms with van der Waals surface area (Å²) in [5, 5.41) is 2.90. The van der Waals surface area contributed by atoms with E-state index in [-0.39, 0.29) is 17.2 Å². The molecule has 0 spiro atoms. The van der Waals surface area contributed by atoms with Crippen molar-refractivity contribution in [3.63, 3.8) is 0 Å². The molecule has 164 valence electrons. The molecule has 0 saturated carbocycles. The van der Waals surface area contributed by atoms with Crippen LogP contribution in [-0.4, -0.2) is 17.6 Å². The maximum absolute atomic E-state index is 12.9. The molecule has 0 aromatic heterocycles. The van der Waals surface area contributed by atoms with Crippen LogP contribution in [0, 0.1) is 0 Å². The smallest absolute Gasteiger partial charge is 0.255 e. The number of carbonyl (C=O) groups is 2. The molecular formula is C27H28N2O2S. The fourth-order valence-electron chi connectivity index (χ4n) is 4.02. The maximum atomic E-state index is 12.9. The van der Waals surface area contributed by atoms with E-state index in [1.165, 1.54) is 11.1 Å². The average molecular weight is 445 g/mol. The summed E-state index contributed by atoms with van der Waals surface area (Å²) in [7, 11) is 0. The fraction of sp³-hybridized carbons (Fsp3) is 0.259. The predicted octanol–water partition coefficient (Wildman–Crippen LogP) is 6.23. The molecule has 1 aliphatic rings. The highest BCUT2D eigenvalue weighted by atomic mass is 32.2. The van der Waals surface area contributed by atoms with Gasteiger partial charge in [0.25, 0.3) is 5.91 Å².